The molecular formula is C42H51N3O5. The predicted molar refractivity (Wildman–Crippen MR) is 202 cm³/mol. The molecule has 2 fully saturated rings. The fourth-order valence-electron chi connectivity index (χ4n) is 7.20. The topological polar surface area (TPSA) is 97.0 Å². The molecule has 8 heteroatoms. The maximum absolute atomic E-state index is 13.4. The second-order valence-corrected chi connectivity index (χ2v) is 13.6. The molecule has 3 aromatic carbocycles. The molecule has 2 saturated carbocycles. The Bertz CT molecular complexity index is 1650. The molecule has 0 unspecified atom stereocenters. The van der Waals surface area contributed by atoms with Gasteiger partial charge in [0.15, 0.2) is 5.75 Å². The number of esters is 1. The molecule has 0 atom stereocenters. The molecular weight excluding hydrogens is 626 g/mol. The summed E-state index contributed by atoms with van der Waals surface area (Å²) in [6, 6.07) is 21.9. The molecule has 2 amide bonds. The number of nitrogens with zero attached hydrogens (tertiary/aromatic N) is 1. The van der Waals surface area contributed by atoms with Gasteiger partial charge in [-0.3, -0.25) is 9.59 Å². The number of ether oxygens (including phenoxy) is 2. The third-order valence-corrected chi connectivity index (χ3v) is 9.87. The molecule has 0 saturated heterocycles. The van der Waals surface area contributed by atoms with Gasteiger partial charge in [-0.1, -0.05) is 86.7 Å². The Morgan fingerprint density at radius 2 is 1.62 bits per heavy atom. The lowest BCUT2D eigenvalue weighted by molar-refractivity contribution is -0.137. The summed E-state index contributed by atoms with van der Waals surface area (Å²) in [5, 5.41) is 5.86. The first-order valence-electron chi connectivity index (χ1n) is 18.1. The Hall–Kier alpha value is -4.85. The van der Waals surface area contributed by atoms with Crippen molar-refractivity contribution in [3.63, 3.8) is 0 Å². The van der Waals surface area contributed by atoms with Crippen LogP contribution < -0.4 is 20.3 Å². The van der Waals surface area contributed by atoms with Gasteiger partial charge in [-0.25, -0.2) is 4.79 Å². The SMILES string of the molecule is CCOC(=O)/C=C/c1ccc(NC=O)cc1.CN1CCOc2c(C(=O)NC3(C)CCCC3)ccc(/C(=C/c3ccccc3)C3CCCCC3)c21. The normalized spacial score (nSPS) is 17.2. The number of hydrogen-bond acceptors (Lipinski definition) is 6. The number of carbonyl (C=O) groups is 3. The average Bonchev–Trinajstić information content (AvgIpc) is 3.57. The summed E-state index contributed by atoms with van der Waals surface area (Å²) in [7, 11) is 2.13. The van der Waals surface area contributed by atoms with Crippen molar-refractivity contribution in [3.05, 3.63) is 95.1 Å². The number of nitrogens with one attached hydrogen (secondary N) is 2. The van der Waals surface area contributed by atoms with E-state index in [0.717, 1.165) is 36.4 Å². The molecule has 3 aliphatic rings. The fraction of sp³-hybridized carbons (Fsp3) is 0.405. The molecule has 1 aliphatic heterocycles. The van der Waals surface area contributed by atoms with E-state index >= 15 is 0 Å². The van der Waals surface area contributed by atoms with Crippen molar-refractivity contribution in [1.29, 1.82) is 0 Å². The second kappa shape index (κ2) is 17.7. The first kappa shape index (κ1) is 36.4. The van der Waals surface area contributed by atoms with Gasteiger partial charge in [0.1, 0.15) is 6.61 Å². The first-order chi connectivity index (χ1) is 24.3. The van der Waals surface area contributed by atoms with Crippen LogP contribution in [0.25, 0.3) is 17.7 Å². The van der Waals surface area contributed by atoms with E-state index < -0.39 is 0 Å². The smallest absolute Gasteiger partial charge is 0.330 e. The lowest BCUT2D eigenvalue weighted by Gasteiger charge is -2.34. The largest absolute Gasteiger partial charge is 0.489 e. The summed E-state index contributed by atoms with van der Waals surface area (Å²) in [5.74, 6) is 0.914. The van der Waals surface area contributed by atoms with E-state index in [1.807, 2.05) is 6.07 Å². The number of benzene rings is 3. The molecule has 2 N–H and O–H groups in total. The minimum Gasteiger partial charge on any atom is -0.489 e. The van der Waals surface area contributed by atoms with E-state index in [4.69, 9.17) is 9.47 Å². The number of rotatable bonds is 10. The van der Waals surface area contributed by atoms with Gasteiger partial charge >= 0.3 is 5.97 Å². The maximum Gasteiger partial charge on any atom is 0.330 e. The number of hydrogen-bond donors (Lipinski definition) is 2. The first-order valence-corrected chi connectivity index (χ1v) is 18.1. The maximum atomic E-state index is 13.4. The predicted octanol–water partition coefficient (Wildman–Crippen LogP) is 8.53. The monoisotopic (exact) mass is 677 g/mol. The van der Waals surface area contributed by atoms with Crippen LogP contribution in [0.1, 0.15) is 98.7 Å². The van der Waals surface area contributed by atoms with Gasteiger partial charge in [-0.15, -0.1) is 0 Å². The second-order valence-electron chi connectivity index (χ2n) is 13.6. The standard InChI is InChI=1S/C30H38N2O2.C12H13NO3/c1-30(17-9-10-18-30)31-29(33)25-16-15-24(27-28(25)34-20-19-32(27)2)26(23-13-7-4-8-14-23)21-22-11-5-3-6-12-22;1-2-16-12(15)8-5-10-3-6-11(7-4-10)13-9-14/h3,5-6,11-12,15-16,21,23H,4,7-10,13-14,17-20H2,1-2H3,(H,31,33);3-9H,2H2,1H3,(H,13,14)/b26-21+;8-5+. The quantitative estimate of drug-likeness (QED) is 0.0967. The van der Waals surface area contributed by atoms with E-state index in [-0.39, 0.29) is 17.4 Å². The highest BCUT2D eigenvalue weighted by atomic mass is 16.5. The molecule has 50 heavy (non-hydrogen) atoms. The van der Waals surface area contributed by atoms with Gasteiger partial charge in [0, 0.05) is 29.9 Å². The van der Waals surface area contributed by atoms with Crippen LogP contribution in [0, 0.1) is 5.92 Å². The molecule has 0 aromatic heterocycles. The van der Waals surface area contributed by atoms with Gasteiger partial charge in [-0.2, -0.15) is 0 Å². The summed E-state index contributed by atoms with van der Waals surface area (Å²) < 4.78 is 11.0. The van der Waals surface area contributed by atoms with Crippen LogP contribution in [-0.4, -0.2) is 50.6 Å². The third kappa shape index (κ3) is 9.65. The Morgan fingerprint density at radius 3 is 2.30 bits per heavy atom. The van der Waals surface area contributed by atoms with Crippen LogP contribution in [0.15, 0.2) is 72.8 Å². The van der Waals surface area contributed by atoms with Crippen LogP contribution >= 0.6 is 0 Å². The van der Waals surface area contributed by atoms with Crippen molar-refractivity contribution in [1.82, 2.24) is 5.32 Å². The highest BCUT2D eigenvalue weighted by Gasteiger charge is 2.34. The number of carbonyl (C=O) groups excluding carboxylic acids is 3. The third-order valence-electron chi connectivity index (χ3n) is 9.87. The number of allylic oxidation sites excluding steroid dienone is 1. The van der Waals surface area contributed by atoms with Crippen molar-refractivity contribution in [2.75, 3.05) is 37.0 Å². The average molecular weight is 678 g/mol. The molecule has 0 spiro atoms. The zero-order valence-electron chi connectivity index (χ0n) is 29.7. The minimum atomic E-state index is -0.363. The van der Waals surface area contributed by atoms with E-state index in [9.17, 15) is 14.4 Å². The van der Waals surface area contributed by atoms with Crippen molar-refractivity contribution < 1.29 is 23.9 Å². The van der Waals surface area contributed by atoms with Crippen molar-refractivity contribution in [2.24, 2.45) is 5.92 Å². The highest BCUT2D eigenvalue weighted by Crippen LogP contribution is 2.46. The molecule has 1 heterocycles. The van der Waals surface area contributed by atoms with Crippen molar-refractivity contribution in [2.45, 2.75) is 77.2 Å². The van der Waals surface area contributed by atoms with Crippen LogP contribution in [0.2, 0.25) is 0 Å². The van der Waals surface area contributed by atoms with Crippen LogP contribution in [-0.2, 0) is 14.3 Å². The Morgan fingerprint density at radius 1 is 0.920 bits per heavy atom. The molecule has 0 radical (unpaired) electrons. The molecule has 8 nitrogen and oxygen atoms in total. The van der Waals surface area contributed by atoms with E-state index in [1.165, 1.54) is 67.7 Å². The van der Waals surface area contributed by atoms with Crippen molar-refractivity contribution >= 4 is 47.4 Å². The summed E-state index contributed by atoms with van der Waals surface area (Å²) in [4.78, 5) is 36.9. The molecule has 2 aliphatic carbocycles. The van der Waals surface area contributed by atoms with E-state index in [0.29, 0.717) is 36.8 Å². The Balaban J connectivity index is 0.000000256. The molecule has 6 rings (SSSR count). The molecule has 3 aromatic rings. The van der Waals surface area contributed by atoms with E-state index in [1.54, 1.807) is 37.3 Å². The number of anilines is 2. The van der Waals surface area contributed by atoms with Gasteiger partial charge in [0.05, 0.1) is 24.4 Å². The van der Waals surface area contributed by atoms with Crippen LogP contribution in [0.4, 0.5) is 11.4 Å². The minimum absolute atomic E-state index is 0.00578. The lowest BCUT2D eigenvalue weighted by Crippen LogP contribution is -2.44. The zero-order valence-corrected chi connectivity index (χ0v) is 29.7. The van der Waals surface area contributed by atoms with Gasteiger partial charge in [0.2, 0.25) is 6.41 Å². The van der Waals surface area contributed by atoms with Crippen molar-refractivity contribution in [3.8, 4) is 5.75 Å². The van der Waals surface area contributed by atoms with Gasteiger partial charge in [0.25, 0.3) is 5.91 Å². The van der Waals surface area contributed by atoms with E-state index in [2.05, 4.69) is 72.0 Å². The summed E-state index contributed by atoms with van der Waals surface area (Å²) in [6.45, 7) is 5.73. The van der Waals surface area contributed by atoms with Crippen LogP contribution in [0.3, 0.4) is 0 Å². The van der Waals surface area contributed by atoms with Gasteiger partial charge < -0.3 is 25.0 Å². The number of fused-ring (bicyclic) bond motifs is 1. The number of amides is 2. The molecule has 0 bridgehead atoms. The highest BCUT2D eigenvalue weighted by molar-refractivity contribution is 6.02. The van der Waals surface area contributed by atoms with Crippen LogP contribution in [0.5, 0.6) is 5.75 Å². The fourth-order valence-corrected chi connectivity index (χ4v) is 7.20. The molecule has 264 valence electrons. The summed E-state index contributed by atoms with van der Waals surface area (Å²) >= 11 is 0. The summed E-state index contributed by atoms with van der Waals surface area (Å²) in [6.07, 6.45) is 16.8. The lowest BCUT2D eigenvalue weighted by atomic mass is 9.79. The number of likely N-dealkylation sites (N-methyl/N-ethyl adjacent to an activating group) is 1. The summed E-state index contributed by atoms with van der Waals surface area (Å²) in [5.41, 5.74) is 7.04. The Kier molecular flexibility index (Phi) is 12.9. The zero-order chi connectivity index (χ0) is 35.3. The Labute approximate surface area is 296 Å². The van der Waals surface area contributed by atoms with Gasteiger partial charge in [-0.05, 0) is 86.4 Å².